The molecule has 2 N–H and O–H groups in total. The number of amides is 3. The summed E-state index contributed by atoms with van der Waals surface area (Å²) in [4.78, 5) is 43.4. The Hall–Kier alpha value is -2.32. The predicted molar refractivity (Wildman–Crippen MR) is 109 cm³/mol. The number of rotatable bonds is 5. The number of imide groups is 1. The minimum absolute atomic E-state index is 0.146. The fourth-order valence-corrected chi connectivity index (χ4v) is 5.14. The molecule has 3 heterocycles. The van der Waals surface area contributed by atoms with E-state index in [2.05, 4.69) is 4.90 Å². The van der Waals surface area contributed by atoms with Crippen molar-refractivity contribution in [2.24, 2.45) is 5.73 Å². The third-order valence-electron chi connectivity index (χ3n) is 6.96. The van der Waals surface area contributed by atoms with E-state index in [1.807, 2.05) is 4.90 Å². The molecule has 0 aromatic heterocycles. The molecule has 0 saturated carbocycles. The fraction of sp³-hybridized carbons (Fsp3) is 0.591. The maximum atomic E-state index is 13.1. The second kappa shape index (κ2) is 8.43. The molecule has 3 amide bonds. The summed E-state index contributed by atoms with van der Waals surface area (Å²) in [5, 5.41) is 0. The van der Waals surface area contributed by atoms with Crippen molar-refractivity contribution in [2.75, 3.05) is 26.2 Å². The molecule has 3 saturated heterocycles. The van der Waals surface area contributed by atoms with Gasteiger partial charge in [-0.25, -0.2) is 4.39 Å². The van der Waals surface area contributed by atoms with Crippen LogP contribution in [0.4, 0.5) is 4.39 Å². The van der Waals surface area contributed by atoms with Gasteiger partial charge in [0.25, 0.3) is 0 Å². The Morgan fingerprint density at radius 3 is 2.27 bits per heavy atom. The van der Waals surface area contributed by atoms with Crippen LogP contribution in [0.2, 0.25) is 0 Å². The van der Waals surface area contributed by atoms with Crippen molar-refractivity contribution < 1.29 is 18.8 Å². The first-order valence-electron chi connectivity index (χ1n) is 10.8. The van der Waals surface area contributed by atoms with Gasteiger partial charge < -0.3 is 5.73 Å². The van der Waals surface area contributed by atoms with Crippen LogP contribution in [0.15, 0.2) is 24.3 Å². The van der Waals surface area contributed by atoms with E-state index in [9.17, 15) is 18.8 Å². The molecule has 7 nitrogen and oxygen atoms in total. The molecule has 30 heavy (non-hydrogen) atoms. The average molecular weight is 416 g/mol. The van der Waals surface area contributed by atoms with E-state index in [0.29, 0.717) is 25.9 Å². The zero-order valence-electron chi connectivity index (χ0n) is 17.2. The highest BCUT2D eigenvalue weighted by atomic mass is 19.1. The van der Waals surface area contributed by atoms with Crippen LogP contribution in [-0.4, -0.2) is 70.2 Å². The second-order valence-corrected chi connectivity index (χ2v) is 8.64. The molecule has 3 aliphatic heterocycles. The standard InChI is InChI=1S/C22H29FN4O3/c23-17-6-4-16(5-7-17)15-27-19(28)14-18(20(27)29)25-12-8-22(9-13-25,21(24)30)26-10-2-1-3-11-26/h4-7,18H,1-3,8-15H2,(H2,24,30). The maximum Gasteiger partial charge on any atom is 0.247 e. The summed E-state index contributed by atoms with van der Waals surface area (Å²) in [5.74, 6) is -1.06. The van der Waals surface area contributed by atoms with Crippen molar-refractivity contribution in [3.8, 4) is 0 Å². The lowest BCUT2D eigenvalue weighted by molar-refractivity contribution is -0.141. The van der Waals surface area contributed by atoms with Crippen molar-refractivity contribution >= 4 is 17.7 Å². The number of nitrogens with zero attached hydrogens (tertiary/aromatic N) is 3. The van der Waals surface area contributed by atoms with Crippen molar-refractivity contribution in [1.29, 1.82) is 0 Å². The Labute approximate surface area is 176 Å². The predicted octanol–water partition coefficient (Wildman–Crippen LogP) is 1.26. The molecular weight excluding hydrogens is 387 g/mol. The van der Waals surface area contributed by atoms with Gasteiger partial charge in [0.2, 0.25) is 17.7 Å². The third kappa shape index (κ3) is 3.86. The number of nitrogens with two attached hydrogens (primary N) is 1. The molecule has 3 aliphatic rings. The van der Waals surface area contributed by atoms with Crippen molar-refractivity contribution in [3.63, 3.8) is 0 Å². The number of halogens is 1. The lowest BCUT2D eigenvalue weighted by atomic mass is 9.83. The number of primary amides is 1. The van der Waals surface area contributed by atoms with E-state index in [-0.39, 0.29) is 36.5 Å². The van der Waals surface area contributed by atoms with Gasteiger partial charge in [-0.05, 0) is 56.5 Å². The maximum absolute atomic E-state index is 13.1. The SMILES string of the molecule is NC(=O)C1(N2CCCCC2)CCN(C2CC(=O)N(Cc3ccc(F)cc3)C2=O)CC1. The minimum atomic E-state index is -0.642. The van der Waals surface area contributed by atoms with Gasteiger partial charge in [-0.1, -0.05) is 18.6 Å². The van der Waals surface area contributed by atoms with Crippen molar-refractivity contribution in [3.05, 3.63) is 35.6 Å². The van der Waals surface area contributed by atoms with Gasteiger partial charge >= 0.3 is 0 Å². The Morgan fingerprint density at radius 2 is 1.67 bits per heavy atom. The zero-order valence-corrected chi connectivity index (χ0v) is 17.2. The van der Waals surface area contributed by atoms with E-state index in [1.54, 1.807) is 12.1 Å². The molecule has 1 aromatic carbocycles. The number of carbonyl (C=O) groups excluding carboxylic acids is 3. The smallest absolute Gasteiger partial charge is 0.247 e. The summed E-state index contributed by atoms with van der Waals surface area (Å²) in [5.41, 5.74) is 5.92. The van der Waals surface area contributed by atoms with Crippen LogP contribution in [0.5, 0.6) is 0 Å². The fourth-order valence-electron chi connectivity index (χ4n) is 5.14. The van der Waals surface area contributed by atoms with Crippen LogP contribution in [-0.2, 0) is 20.9 Å². The molecule has 0 spiro atoms. The summed E-state index contributed by atoms with van der Waals surface area (Å²) in [6.45, 7) is 3.05. The van der Waals surface area contributed by atoms with E-state index in [0.717, 1.165) is 31.5 Å². The molecule has 1 unspecified atom stereocenters. The topological polar surface area (TPSA) is 87.0 Å². The van der Waals surface area contributed by atoms with E-state index in [4.69, 9.17) is 5.73 Å². The number of hydrogen-bond donors (Lipinski definition) is 1. The van der Waals surface area contributed by atoms with Crippen LogP contribution in [0.1, 0.15) is 44.1 Å². The van der Waals surface area contributed by atoms with Gasteiger partial charge in [0.05, 0.1) is 19.0 Å². The lowest BCUT2D eigenvalue weighted by Crippen LogP contribution is -2.64. The quantitative estimate of drug-likeness (QED) is 0.731. The summed E-state index contributed by atoms with van der Waals surface area (Å²) in [6.07, 6.45) is 4.64. The van der Waals surface area contributed by atoms with Gasteiger partial charge in [0, 0.05) is 13.1 Å². The third-order valence-corrected chi connectivity index (χ3v) is 6.96. The molecule has 1 aromatic rings. The number of piperidine rings is 2. The van der Waals surface area contributed by atoms with Crippen LogP contribution >= 0.6 is 0 Å². The van der Waals surface area contributed by atoms with Crippen LogP contribution < -0.4 is 5.73 Å². The first-order chi connectivity index (χ1) is 14.4. The number of hydrogen-bond acceptors (Lipinski definition) is 5. The molecule has 3 fully saturated rings. The molecule has 4 rings (SSSR count). The molecule has 0 bridgehead atoms. The first kappa shape index (κ1) is 20.9. The highest BCUT2D eigenvalue weighted by Crippen LogP contribution is 2.34. The highest BCUT2D eigenvalue weighted by Gasteiger charge is 2.49. The van der Waals surface area contributed by atoms with Crippen LogP contribution in [0.25, 0.3) is 0 Å². The van der Waals surface area contributed by atoms with Gasteiger partial charge in [-0.15, -0.1) is 0 Å². The molecule has 8 heteroatoms. The second-order valence-electron chi connectivity index (χ2n) is 8.64. The molecule has 162 valence electrons. The Balaban J connectivity index is 1.41. The molecule has 0 aliphatic carbocycles. The number of benzene rings is 1. The Bertz CT molecular complexity index is 814. The van der Waals surface area contributed by atoms with E-state index < -0.39 is 11.6 Å². The van der Waals surface area contributed by atoms with Gasteiger partial charge in [0.1, 0.15) is 11.4 Å². The number of carbonyl (C=O) groups is 3. The van der Waals surface area contributed by atoms with Gasteiger partial charge in [0.15, 0.2) is 0 Å². The summed E-state index contributed by atoms with van der Waals surface area (Å²) < 4.78 is 13.1. The highest BCUT2D eigenvalue weighted by molar-refractivity contribution is 6.05. The molecule has 1 atom stereocenters. The van der Waals surface area contributed by atoms with Crippen molar-refractivity contribution in [2.45, 2.75) is 56.7 Å². The Morgan fingerprint density at radius 1 is 1.03 bits per heavy atom. The first-order valence-corrected chi connectivity index (χ1v) is 10.8. The van der Waals surface area contributed by atoms with Crippen LogP contribution in [0.3, 0.4) is 0 Å². The minimum Gasteiger partial charge on any atom is -0.368 e. The summed E-state index contributed by atoms with van der Waals surface area (Å²) >= 11 is 0. The van der Waals surface area contributed by atoms with Crippen molar-refractivity contribution in [1.82, 2.24) is 14.7 Å². The largest absolute Gasteiger partial charge is 0.368 e. The van der Waals surface area contributed by atoms with E-state index in [1.165, 1.54) is 23.5 Å². The summed E-state index contributed by atoms with van der Waals surface area (Å²) in [7, 11) is 0. The van der Waals surface area contributed by atoms with Crippen LogP contribution in [0, 0.1) is 5.82 Å². The normalized spacial score (nSPS) is 25.6. The molecular formula is C22H29FN4O3. The molecule has 0 radical (unpaired) electrons. The van der Waals surface area contributed by atoms with Gasteiger partial charge in [-0.3, -0.25) is 29.1 Å². The number of likely N-dealkylation sites (tertiary alicyclic amines) is 3. The van der Waals surface area contributed by atoms with E-state index >= 15 is 0 Å². The average Bonchev–Trinajstić information content (AvgIpc) is 3.04. The Kier molecular flexibility index (Phi) is 5.88. The van der Waals surface area contributed by atoms with Gasteiger partial charge in [-0.2, -0.15) is 0 Å². The zero-order chi connectivity index (χ0) is 21.3. The summed E-state index contributed by atoms with van der Waals surface area (Å²) in [6, 6.07) is 5.33. The monoisotopic (exact) mass is 416 g/mol. The lowest BCUT2D eigenvalue weighted by Gasteiger charge is -2.48.